The fraction of sp³-hybridized carbons (Fsp3) is 0.130. The van der Waals surface area contributed by atoms with E-state index in [0.717, 1.165) is 15.8 Å². The molecule has 8 heteroatoms. The Balaban J connectivity index is 1.58. The molecule has 6 nitrogen and oxygen atoms in total. The van der Waals surface area contributed by atoms with Crippen LogP contribution in [0, 0.1) is 6.92 Å². The van der Waals surface area contributed by atoms with E-state index < -0.39 is 10.0 Å². The third kappa shape index (κ3) is 4.45. The Morgan fingerprint density at radius 3 is 2.35 bits per heavy atom. The van der Waals surface area contributed by atoms with Gasteiger partial charge in [-0.25, -0.2) is 8.42 Å². The second kappa shape index (κ2) is 8.49. The molecule has 31 heavy (non-hydrogen) atoms. The van der Waals surface area contributed by atoms with Gasteiger partial charge in [-0.3, -0.25) is 9.52 Å². The first-order chi connectivity index (χ1) is 14.9. The predicted octanol–water partition coefficient (Wildman–Crippen LogP) is 4.57. The van der Waals surface area contributed by atoms with E-state index in [2.05, 4.69) is 9.71 Å². The lowest BCUT2D eigenvalue weighted by Gasteiger charge is -2.08. The van der Waals surface area contributed by atoms with Crippen molar-refractivity contribution in [1.82, 2.24) is 4.57 Å². The number of rotatable bonds is 5. The molecule has 158 valence electrons. The molecule has 0 aliphatic carbocycles. The Morgan fingerprint density at radius 1 is 1.00 bits per heavy atom. The van der Waals surface area contributed by atoms with Gasteiger partial charge in [0.25, 0.3) is 15.9 Å². The number of thiazole rings is 1. The van der Waals surface area contributed by atoms with Crippen LogP contribution in [-0.2, 0) is 16.6 Å². The number of carbonyl (C=O) groups excluding carboxylic acids is 1. The summed E-state index contributed by atoms with van der Waals surface area (Å²) < 4.78 is 30.7. The minimum atomic E-state index is -3.70. The van der Waals surface area contributed by atoms with Crippen LogP contribution in [0.25, 0.3) is 10.2 Å². The van der Waals surface area contributed by atoms with Gasteiger partial charge in [-0.2, -0.15) is 4.99 Å². The summed E-state index contributed by atoms with van der Waals surface area (Å²) in [5.41, 5.74) is 2.79. The highest BCUT2D eigenvalue weighted by Crippen LogP contribution is 2.19. The van der Waals surface area contributed by atoms with E-state index in [0.29, 0.717) is 22.6 Å². The molecule has 1 aromatic heterocycles. The summed E-state index contributed by atoms with van der Waals surface area (Å²) in [6, 6.07) is 20.8. The van der Waals surface area contributed by atoms with Crippen LogP contribution in [0.1, 0.15) is 22.8 Å². The molecule has 0 bridgehead atoms. The molecule has 0 spiro atoms. The Hall–Kier alpha value is -3.23. The van der Waals surface area contributed by atoms with Crippen molar-refractivity contribution in [2.75, 3.05) is 4.72 Å². The van der Waals surface area contributed by atoms with Crippen LogP contribution in [0.3, 0.4) is 0 Å². The molecule has 0 saturated heterocycles. The normalized spacial score (nSPS) is 12.3. The number of fused-ring (bicyclic) bond motifs is 1. The summed E-state index contributed by atoms with van der Waals surface area (Å²) in [7, 11) is -3.70. The number of nitrogens with one attached hydrogen (secondary N) is 1. The van der Waals surface area contributed by atoms with Gasteiger partial charge in [0.15, 0.2) is 4.80 Å². The van der Waals surface area contributed by atoms with Gasteiger partial charge >= 0.3 is 0 Å². The lowest BCUT2D eigenvalue weighted by molar-refractivity contribution is 0.0998. The Morgan fingerprint density at radius 2 is 1.68 bits per heavy atom. The van der Waals surface area contributed by atoms with E-state index in [9.17, 15) is 13.2 Å². The third-order valence-electron chi connectivity index (χ3n) is 4.82. The van der Waals surface area contributed by atoms with Crippen LogP contribution < -0.4 is 9.52 Å². The van der Waals surface area contributed by atoms with Crippen molar-refractivity contribution >= 4 is 43.2 Å². The number of nitrogens with zero attached hydrogens (tertiary/aromatic N) is 2. The van der Waals surface area contributed by atoms with E-state index in [-0.39, 0.29) is 10.8 Å². The number of hydrogen-bond donors (Lipinski definition) is 1. The highest BCUT2D eigenvalue weighted by molar-refractivity contribution is 7.92. The van der Waals surface area contributed by atoms with Crippen LogP contribution in [0.4, 0.5) is 5.69 Å². The molecular formula is C23H21N3O3S2. The molecule has 0 aliphatic rings. The predicted molar refractivity (Wildman–Crippen MR) is 124 cm³/mol. The zero-order valence-corrected chi connectivity index (χ0v) is 18.7. The van der Waals surface area contributed by atoms with Crippen molar-refractivity contribution in [1.29, 1.82) is 0 Å². The van der Waals surface area contributed by atoms with Crippen LogP contribution in [0.5, 0.6) is 0 Å². The number of benzene rings is 3. The number of aromatic nitrogens is 1. The Kier molecular flexibility index (Phi) is 5.75. The lowest BCUT2D eigenvalue weighted by Crippen LogP contribution is -2.16. The summed E-state index contributed by atoms with van der Waals surface area (Å²) in [5, 5.41) is 0. The van der Waals surface area contributed by atoms with Crippen LogP contribution >= 0.6 is 11.3 Å². The first-order valence-corrected chi connectivity index (χ1v) is 12.0. The number of hydrogen-bond acceptors (Lipinski definition) is 4. The van der Waals surface area contributed by atoms with E-state index in [4.69, 9.17) is 0 Å². The highest BCUT2D eigenvalue weighted by atomic mass is 32.2. The zero-order valence-electron chi connectivity index (χ0n) is 17.1. The third-order valence-corrected chi connectivity index (χ3v) is 7.27. The molecule has 0 fully saturated rings. The molecule has 1 heterocycles. The smallest absolute Gasteiger partial charge is 0.279 e. The van der Waals surface area contributed by atoms with E-state index in [1.165, 1.54) is 11.3 Å². The quantitative estimate of drug-likeness (QED) is 0.483. The molecule has 1 N–H and O–H groups in total. The van der Waals surface area contributed by atoms with E-state index >= 15 is 0 Å². The first kappa shape index (κ1) is 21.0. The topological polar surface area (TPSA) is 80.5 Å². The maximum Gasteiger partial charge on any atom is 0.279 e. The largest absolute Gasteiger partial charge is 0.317 e. The van der Waals surface area contributed by atoms with E-state index in [1.807, 2.05) is 42.7 Å². The van der Waals surface area contributed by atoms with Gasteiger partial charge < -0.3 is 4.57 Å². The standard InChI is InChI=1S/C23H21N3O3S2/c1-3-26-20-6-4-5-7-21(20)30-23(26)24-22(27)17-10-12-18(13-11-17)25-31(28,29)19-14-8-16(2)9-15-19/h4-15,25H,3H2,1-2H3. The van der Waals surface area contributed by atoms with Crippen LogP contribution in [-0.4, -0.2) is 18.9 Å². The maximum absolute atomic E-state index is 12.7. The van der Waals surface area contributed by atoms with Crippen molar-refractivity contribution < 1.29 is 13.2 Å². The summed E-state index contributed by atoms with van der Waals surface area (Å²) in [6.45, 7) is 4.61. The van der Waals surface area contributed by atoms with Crippen molar-refractivity contribution in [3.05, 3.63) is 88.7 Å². The maximum atomic E-state index is 12.7. The molecule has 0 unspecified atom stereocenters. The molecule has 0 aliphatic heterocycles. The molecule has 0 radical (unpaired) electrons. The van der Waals surface area contributed by atoms with Gasteiger partial charge in [-0.05, 0) is 62.4 Å². The summed E-state index contributed by atoms with van der Waals surface area (Å²) in [5.74, 6) is -0.373. The fourth-order valence-electron chi connectivity index (χ4n) is 3.18. The Labute approximate surface area is 184 Å². The SMILES string of the molecule is CCn1c(=NC(=O)c2ccc(NS(=O)(=O)c3ccc(C)cc3)cc2)sc2ccccc21. The monoisotopic (exact) mass is 451 g/mol. The molecule has 0 saturated carbocycles. The number of carbonyl (C=O) groups is 1. The van der Waals surface area contributed by atoms with Crippen molar-refractivity contribution in [3.8, 4) is 0 Å². The lowest BCUT2D eigenvalue weighted by atomic mass is 10.2. The summed E-state index contributed by atoms with van der Waals surface area (Å²) in [4.78, 5) is 17.8. The fourth-order valence-corrected chi connectivity index (χ4v) is 5.33. The number of anilines is 1. The van der Waals surface area contributed by atoms with Crippen molar-refractivity contribution in [2.45, 2.75) is 25.3 Å². The zero-order chi connectivity index (χ0) is 22.0. The molecular weight excluding hydrogens is 430 g/mol. The van der Waals surface area contributed by atoms with Gasteiger partial charge in [-0.1, -0.05) is 41.2 Å². The summed E-state index contributed by atoms with van der Waals surface area (Å²) >= 11 is 1.46. The summed E-state index contributed by atoms with van der Waals surface area (Å²) in [6.07, 6.45) is 0. The highest BCUT2D eigenvalue weighted by Gasteiger charge is 2.14. The second-order valence-corrected chi connectivity index (χ2v) is 9.70. The number of sulfonamides is 1. The second-order valence-electron chi connectivity index (χ2n) is 7.01. The minimum absolute atomic E-state index is 0.183. The van der Waals surface area contributed by atoms with Gasteiger partial charge in [0.1, 0.15) is 0 Å². The van der Waals surface area contributed by atoms with Crippen LogP contribution in [0.2, 0.25) is 0 Å². The van der Waals surface area contributed by atoms with Gasteiger partial charge in [-0.15, -0.1) is 0 Å². The van der Waals surface area contributed by atoms with E-state index in [1.54, 1.807) is 48.5 Å². The Bertz CT molecular complexity index is 1420. The average molecular weight is 452 g/mol. The number of para-hydroxylation sites is 1. The van der Waals surface area contributed by atoms with Crippen LogP contribution in [0.15, 0.2) is 82.7 Å². The van der Waals surface area contributed by atoms with Crippen molar-refractivity contribution in [2.24, 2.45) is 4.99 Å². The molecule has 4 rings (SSSR count). The molecule has 3 aromatic carbocycles. The molecule has 1 amide bonds. The number of aryl methyl sites for hydroxylation is 2. The number of amides is 1. The molecule has 4 aromatic rings. The van der Waals surface area contributed by atoms with Gasteiger partial charge in [0, 0.05) is 17.8 Å². The van der Waals surface area contributed by atoms with Gasteiger partial charge in [0.2, 0.25) is 0 Å². The average Bonchev–Trinajstić information content (AvgIpc) is 3.11. The minimum Gasteiger partial charge on any atom is -0.317 e. The molecule has 0 atom stereocenters. The van der Waals surface area contributed by atoms with Crippen molar-refractivity contribution in [3.63, 3.8) is 0 Å². The first-order valence-electron chi connectivity index (χ1n) is 9.74. The van der Waals surface area contributed by atoms with Gasteiger partial charge in [0.05, 0.1) is 15.1 Å².